The number of nitrogens with zero attached hydrogens (tertiary/aromatic N) is 3. The minimum atomic E-state index is -0.223. The number of anilines is 1. The fourth-order valence-corrected chi connectivity index (χ4v) is 4.92. The van der Waals surface area contributed by atoms with Crippen molar-refractivity contribution in [1.29, 1.82) is 0 Å². The van der Waals surface area contributed by atoms with Crippen molar-refractivity contribution in [2.75, 3.05) is 26.2 Å². The first-order valence-electron chi connectivity index (χ1n) is 11.2. The molecular weight excluding hydrogens is 460 g/mol. The summed E-state index contributed by atoms with van der Waals surface area (Å²) < 4.78 is 19.0. The minimum Gasteiger partial charge on any atom is -0.497 e. The third-order valence-electron chi connectivity index (χ3n) is 6.17. The molecule has 7 nitrogen and oxygen atoms in total. The van der Waals surface area contributed by atoms with Gasteiger partial charge in [-0.05, 0) is 60.7 Å². The van der Waals surface area contributed by atoms with Crippen molar-refractivity contribution in [2.45, 2.75) is 12.1 Å². The van der Waals surface area contributed by atoms with Gasteiger partial charge >= 0.3 is 0 Å². The molecule has 0 unspecified atom stereocenters. The molecule has 4 aromatic rings. The van der Waals surface area contributed by atoms with Crippen molar-refractivity contribution >= 4 is 23.0 Å². The molecule has 2 atom stereocenters. The first kappa shape index (κ1) is 22.7. The van der Waals surface area contributed by atoms with E-state index in [-0.39, 0.29) is 12.1 Å². The second-order valence-electron chi connectivity index (χ2n) is 8.01. The highest BCUT2D eigenvalue weighted by atomic mass is 32.1. The van der Waals surface area contributed by atoms with E-state index >= 15 is 0 Å². The number of benzene rings is 2. The van der Waals surface area contributed by atoms with Crippen LogP contribution < -0.4 is 24.4 Å². The Morgan fingerprint density at radius 2 is 1.63 bits per heavy atom. The Hall–Kier alpha value is -4.04. The molecule has 2 aromatic heterocycles. The predicted molar refractivity (Wildman–Crippen MR) is 140 cm³/mol. The number of thiocarbonyl (C=S) groups is 1. The molecule has 0 amide bonds. The molecule has 1 aliphatic rings. The normalized spacial score (nSPS) is 17.2. The van der Waals surface area contributed by atoms with E-state index in [9.17, 15) is 0 Å². The van der Waals surface area contributed by atoms with Crippen molar-refractivity contribution in [3.63, 3.8) is 0 Å². The monoisotopic (exact) mass is 486 g/mol. The summed E-state index contributed by atoms with van der Waals surface area (Å²) in [6, 6.07) is 23.3. The molecule has 2 aromatic carbocycles. The summed E-state index contributed by atoms with van der Waals surface area (Å²) in [4.78, 5) is 6.75. The molecule has 0 aliphatic carbocycles. The maximum atomic E-state index is 5.89. The van der Waals surface area contributed by atoms with Crippen LogP contribution in [0.5, 0.6) is 17.2 Å². The number of hydrogen-bond donors (Lipinski definition) is 1. The lowest BCUT2D eigenvalue weighted by atomic mass is 10.0. The Morgan fingerprint density at radius 1 is 0.829 bits per heavy atom. The van der Waals surface area contributed by atoms with E-state index in [2.05, 4.69) is 25.8 Å². The number of aromatic nitrogens is 2. The van der Waals surface area contributed by atoms with Gasteiger partial charge in [0, 0.05) is 24.2 Å². The first-order valence-corrected chi connectivity index (χ1v) is 11.6. The summed E-state index contributed by atoms with van der Waals surface area (Å²) in [5.41, 5.74) is 3.69. The predicted octanol–water partition coefficient (Wildman–Crippen LogP) is 5.08. The van der Waals surface area contributed by atoms with Crippen LogP contribution in [0.25, 0.3) is 5.69 Å². The lowest BCUT2D eigenvalue weighted by molar-refractivity contribution is 0.394. The van der Waals surface area contributed by atoms with E-state index in [1.54, 1.807) is 27.5 Å². The fraction of sp³-hybridized carbons (Fsp3) is 0.185. The van der Waals surface area contributed by atoms with E-state index in [0.717, 1.165) is 28.5 Å². The van der Waals surface area contributed by atoms with Gasteiger partial charge in [-0.1, -0.05) is 18.2 Å². The topological polar surface area (TPSA) is 60.8 Å². The average Bonchev–Trinajstić information content (AvgIpc) is 3.52. The number of ether oxygens (including phenoxy) is 3. The summed E-state index contributed by atoms with van der Waals surface area (Å²) in [6.45, 7) is 0. The van der Waals surface area contributed by atoms with Crippen LogP contribution >= 0.6 is 12.2 Å². The zero-order valence-electron chi connectivity index (χ0n) is 19.7. The van der Waals surface area contributed by atoms with Gasteiger partial charge < -0.3 is 29.0 Å². The number of pyridine rings is 1. The highest BCUT2D eigenvalue weighted by molar-refractivity contribution is 7.80. The number of rotatable bonds is 7. The molecule has 5 rings (SSSR count). The van der Waals surface area contributed by atoms with E-state index in [1.807, 2.05) is 72.9 Å². The van der Waals surface area contributed by atoms with Crippen LogP contribution in [-0.4, -0.2) is 36.0 Å². The zero-order valence-corrected chi connectivity index (χ0v) is 20.5. The molecule has 0 bridgehead atoms. The zero-order chi connectivity index (χ0) is 24.4. The summed E-state index contributed by atoms with van der Waals surface area (Å²) in [5.74, 6) is 2.15. The second kappa shape index (κ2) is 9.68. The lowest BCUT2D eigenvalue weighted by Crippen LogP contribution is -2.30. The Kier molecular flexibility index (Phi) is 6.29. The van der Waals surface area contributed by atoms with Crippen molar-refractivity contribution < 1.29 is 14.2 Å². The third kappa shape index (κ3) is 4.06. The van der Waals surface area contributed by atoms with Gasteiger partial charge in [0.05, 0.1) is 44.4 Å². The van der Waals surface area contributed by atoms with Gasteiger partial charge in [-0.15, -0.1) is 0 Å². The maximum absolute atomic E-state index is 5.89. The van der Waals surface area contributed by atoms with Gasteiger partial charge in [0.15, 0.2) is 5.11 Å². The summed E-state index contributed by atoms with van der Waals surface area (Å²) >= 11 is 5.89. The second-order valence-corrected chi connectivity index (χ2v) is 8.40. The van der Waals surface area contributed by atoms with Gasteiger partial charge in [0.1, 0.15) is 23.3 Å². The number of nitrogens with one attached hydrogen (secondary N) is 1. The lowest BCUT2D eigenvalue weighted by Gasteiger charge is -2.30. The number of methoxy groups -OCH3 is 3. The largest absolute Gasteiger partial charge is 0.497 e. The summed E-state index contributed by atoms with van der Waals surface area (Å²) in [6.07, 6.45) is 3.83. The Balaban J connectivity index is 1.70. The molecule has 0 saturated carbocycles. The molecule has 3 heterocycles. The minimum absolute atomic E-state index is 0.195. The number of hydrogen-bond acceptors (Lipinski definition) is 5. The van der Waals surface area contributed by atoms with Crippen molar-refractivity contribution in [2.24, 2.45) is 0 Å². The van der Waals surface area contributed by atoms with Gasteiger partial charge in [-0.25, -0.2) is 0 Å². The van der Waals surface area contributed by atoms with Crippen LogP contribution in [0.1, 0.15) is 23.5 Å². The Labute approximate surface area is 209 Å². The highest BCUT2D eigenvalue weighted by Crippen LogP contribution is 2.46. The summed E-state index contributed by atoms with van der Waals surface area (Å²) in [5, 5.41) is 4.09. The van der Waals surface area contributed by atoms with Gasteiger partial charge in [-0.2, -0.15) is 0 Å². The van der Waals surface area contributed by atoms with Gasteiger partial charge in [0.2, 0.25) is 0 Å². The molecule has 0 radical (unpaired) electrons. The third-order valence-corrected chi connectivity index (χ3v) is 6.49. The molecule has 1 N–H and O–H groups in total. The van der Waals surface area contributed by atoms with Crippen LogP contribution in [0, 0.1) is 0 Å². The van der Waals surface area contributed by atoms with Crippen molar-refractivity contribution in [3.05, 3.63) is 96.6 Å². The van der Waals surface area contributed by atoms with Crippen LogP contribution in [0.3, 0.4) is 0 Å². The van der Waals surface area contributed by atoms with Crippen LogP contribution in [0.15, 0.2) is 85.2 Å². The van der Waals surface area contributed by atoms with Crippen molar-refractivity contribution in [1.82, 2.24) is 14.9 Å². The van der Waals surface area contributed by atoms with E-state index in [1.165, 1.54) is 0 Å². The van der Waals surface area contributed by atoms with E-state index < -0.39 is 0 Å². The molecule has 178 valence electrons. The first-order chi connectivity index (χ1) is 17.2. The van der Waals surface area contributed by atoms with Crippen LogP contribution in [0.2, 0.25) is 0 Å². The Morgan fingerprint density at radius 3 is 2.37 bits per heavy atom. The SMILES string of the molecule is COc1ccc(N2C(=S)N[C@@H](c3ccccn3)[C@H]2c2cccn2-c2ccccc2OC)c(OC)c1. The van der Waals surface area contributed by atoms with E-state index in [4.69, 9.17) is 26.4 Å². The Bertz CT molecular complexity index is 1340. The number of para-hydroxylation sites is 2. The van der Waals surface area contributed by atoms with Crippen LogP contribution in [0.4, 0.5) is 5.69 Å². The fourth-order valence-electron chi connectivity index (χ4n) is 4.58. The molecule has 8 heteroatoms. The summed E-state index contributed by atoms with van der Waals surface area (Å²) in [7, 11) is 4.96. The quantitative estimate of drug-likeness (QED) is 0.366. The van der Waals surface area contributed by atoms with Crippen molar-refractivity contribution in [3.8, 4) is 22.9 Å². The van der Waals surface area contributed by atoms with Gasteiger partial charge in [0.25, 0.3) is 0 Å². The molecule has 1 fully saturated rings. The average molecular weight is 487 g/mol. The van der Waals surface area contributed by atoms with E-state index in [0.29, 0.717) is 16.6 Å². The van der Waals surface area contributed by atoms with Crippen LogP contribution in [-0.2, 0) is 0 Å². The highest BCUT2D eigenvalue weighted by Gasteiger charge is 2.43. The smallest absolute Gasteiger partial charge is 0.174 e. The maximum Gasteiger partial charge on any atom is 0.174 e. The van der Waals surface area contributed by atoms with Gasteiger partial charge in [-0.3, -0.25) is 4.98 Å². The molecule has 1 saturated heterocycles. The molecule has 35 heavy (non-hydrogen) atoms. The molecular formula is C27H26N4O3S. The molecule has 0 spiro atoms. The standard InChI is InChI=1S/C27H26N4O3S/c1-32-18-13-14-21(24(17-18)34-3)31-26(25(29-27(31)35)19-9-6-7-15-28-19)22-11-8-16-30(22)20-10-4-5-12-23(20)33-2/h4-17,25-26H,1-3H3,(H,29,35)/t25-,26+/m0/s1. The molecule has 1 aliphatic heterocycles.